The average Bonchev–Trinajstić information content (AvgIpc) is 2.76. The molecule has 0 amide bonds. The maximum atomic E-state index is 4.64. The number of aryl methyl sites for hydroxylation is 1. The quantitative estimate of drug-likeness (QED) is 0.792. The van der Waals surface area contributed by atoms with E-state index in [1.54, 1.807) is 0 Å². The van der Waals surface area contributed by atoms with Crippen LogP contribution < -0.4 is 10.6 Å². The molecular formula is C18H18N. The van der Waals surface area contributed by atoms with Crippen LogP contribution >= 0.6 is 0 Å². The molecule has 1 aliphatic heterocycles. The first-order valence-electron chi connectivity index (χ1n) is 6.86. The van der Waals surface area contributed by atoms with Crippen molar-refractivity contribution < 1.29 is 0 Å². The van der Waals surface area contributed by atoms with Gasteiger partial charge in [-0.25, -0.2) is 0 Å². The van der Waals surface area contributed by atoms with E-state index in [-0.39, 0.29) is 0 Å². The van der Waals surface area contributed by atoms with Crippen LogP contribution in [0.2, 0.25) is 0 Å². The van der Waals surface area contributed by atoms with Gasteiger partial charge in [0, 0.05) is 5.22 Å². The summed E-state index contributed by atoms with van der Waals surface area (Å²) in [7, 11) is 0. The van der Waals surface area contributed by atoms with E-state index >= 15 is 0 Å². The van der Waals surface area contributed by atoms with Gasteiger partial charge >= 0.3 is 0 Å². The van der Waals surface area contributed by atoms with E-state index in [1.807, 2.05) is 0 Å². The zero-order valence-corrected chi connectivity index (χ0v) is 11.5. The fraction of sp³-hybridized carbons (Fsp3) is 0.222. The van der Waals surface area contributed by atoms with E-state index in [1.165, 1.54) is 21.9 Å². The van der Waals surface area contributed by atoms with Crippen LogP contribution in [0.25, 0.3) is 5.57 Å². The Balaban J connectivity index is 1.97. The van der Waals surface area contributed by atoms with Gasteiger partial charge in [-0.1, -0.05) is 49.4 Å². The summed E-state index contributed by atoms with van der Waals surface area (Å²) in [6, 6.07) is 18.5. The Kier molecular flexibility index (Phi) is 3.20. The molecule has 2 aromatic rings. The lowest BCUT2D eigenvalue weighted by molar-refractivity contribution is 1.08. The second-order valence-corrected chi connectivity index (χ2v) is 5.04. The molecule has 1 radical (unpaired) electrons. The first-order valence-corrected chi connectivity index (χ1v) is 6.86. The fourth-order valence-corrected chi connectivity index (χ4v) is 2.59. The minimum atomic E-state index is 0.969. The molecule has 0 spiro atoms. The average molecular weight is 248 g/mol. The number of benzene rings is 2. The molecule has 0 saturated carbocycles. The summed E-state index contributed by atoms with van der Waals surface area (Å²) in [5.74, 6) is 0. The van der Waals surface area contributed by atoms with Gasteiger partial charge < -0.3 is 0 Å². The first-order chi connectivity index (χ1) is 9.28. The third kappa shape index (κ3) is 2.33. The predicted octanol–water partition coefficient (Wildman–Crippen LogP) is 2.83. The van der Waals surface area contributed by atoms with Crippen molar-refractivity contribution in [3.05, 3.63) is 76.3 Å². The molecule has 0 bridgehead atoms. The maximum Gasteiger partial charge on any atom is 0.110 e. The van der Waals surface area contributed by atoms with Gasteiger partial charge in [-0.2, -0.15) is 0 Å². The van der Waals surface area contributed by atoms with Crippen molar-refractivity contribution in [1.29, 1.82) is 0 Å². The van der Waals surface area contributed by atoms with Crippen molar-refractivity contribution >= 4 is 5.57 Å². The zero-order valence-electron chi connectivity index (χ0n) is 11.5. The molecule has 0 N–H and O–H groups in total. The molecule has 0 aliphatic carbocycles. The molecule has 0 atom stereocenters. The Hall–Kier alpha value is -1.89. The Labute approximate surface area is 114 Å². The van der Waals surface area contributed by atoms with Crippen LogP contribution in [0.5, 0.6) is 0 Å². The Morgan fingerprint density at radius 1 is 0.895 bits per heavy atom. The van der Waals surface area contributed by atoms with E-state index in [0.717, 1.165) is 24.2 Å². The smallest absolute Gasteiger partial charge is 0.110 e. The van der Waals surface area contributed by atoms with Crippen molar-refractivity contribution in [3.63, 3.8) is 0 Å². The lowest BCUT2D eigenvalue weighted by atomic mass is 9.98. The monoisotopic (exact) mass is 248 g/mol. The molecule has 19 heavy (non-hydrogen) atoms. The maximum absolute atomic E-state index is 4.64. The number of hydrogen-bond acceptors (Lipinski definition) is 1. The van der Waals surface area contributed by atoms with Gasteiger partial charge in [-0.05, 0) is 42.5 Å². The minimum absolute atomic E-state index is 0.969. The molecule has 2 aromatic carbocycles. The molecule has 0 saturated heterocycles. The Bertz CT molecular complexity index is 695. The van der Waals surface area contributed by atoms with Crippen LogP contribution in [-0.2, 0) is 12.8 Å². The van der Waals surface area contributed by atoms with Gasteiger partial charge in [0.1, 0.15) is 6.04 Å². The highest BCUT2D eigenvalue weighted by Gasteiger charge is 2.15. The van der Waals surface area contributed by atoms with Crippen LogP contribution in [0, 0.1) is 6.04 Å². The lowest BCUT2D eigenvalue weighted by Crippen LogP contribution is -2.22. The molecule has 1 heteroatoms. The molecular weight excluding hydrogens is 230 g/mol. The summed E-state index contributed by atoms with van der Waals surface area (Å²) in [6.07, 6.45) is 2.07. The molecule has 3 rings (SSSR count). The van der Waals surface area contributed by atoms with Gasteiger partial charge in [0.25, 0.3) is 0 Å². The molecule has 0 unspecified atom stereocenters. The van der Waals surface area contributed by atoms with Gasteiger partial charge in [0.05, 0.1) is 5.36 Å². The molecule has 0 fully saturated rings. The fourth-order valence-electron chi connectivity index (χ4n) is 2.59. The number of nitrogens with zero attached hydrogens (tertiary/aromatic N) is 1. The molecule has 0 aromatic heterocycles. The molecule has 95 valence electrons. The van der Waals surface area contributed by atoms with E-state index in [0.29, 0.717) is 0 Å². The van der Waals surface area contributed by atoms with Crippen molar-refractivity contribution in [2.45, 2.75) is 26.7 Å². The number of para-hydroxylation sites is 1. The van der Waals surface area contributed by atoms with E-state index in [2.05, 4.69) is 67.4 Å². The van der Waals surface area contributed by atoms with Crippen LogP contribution in [-0.4, -0.2) is 0 Å². The lowest BCUT2D eigenvalue weighted by Gasteiger charge is -2.08. The molecule has 1 aliphatic rings. The van der Waals surface area contributed by atoms with Gasteiger partial charge in [0.15, 0.2) is 0 Å². The standard InChI is InChI=1S/C18H18N/c1-3-14-8-10-15(11-9-14)12-17-13(2)19-18-7-5-4-6-16(17)18/h4-11H,3,12H2,1-2H3. The summed E-state index contributed by atoms with van der Waals surface area (Å²) < 4.78 is 0. The summed E-state index contributed by atoms with van der Waals surface area (Å²) in [5, 5.41) is 2.40. The van der Waals surface area contributed by atoms with E-state index < -0.39 is 0 Å². The highest BCUT2D eigenvalue weighted by Crippen LogP contribution is 2.21. The van der Waals surface area contributed by atoms with Crippen molar-refractivity contribution in [2.24, 2.45) is 4.99 Å². The Morgan fingerprint density at radius 2 is 1.58 bits per heavy atom. The predicted molar refractivity (Wildman–Crippen MR) is 79.1 cm³/mol. The zero-order chi connectivity index (χ0) is 13.2. The SMILES string of the molecule is CCc1ccc(CC2=c3ccccc3=N[C]2C)cc1. The van der Waals surface area contributed by atoms with Crippen molar-refractivity contribution in [1.82, 2.24) is 0 Å². The Morgan fingerprint density at radius 3 is 2.32 bits per heavy atom. The highest BCUT2D eigenvalue weighted by molar-refractivity contribution is 5.63. The van der Waals surface area contributed by atoms with Crippen LogP contribution in [0.4, 0.5) is 0 Å². The third-order valence-electron chi connectivity index (χ3n) is 3.77. The normalized spacial score (nSPS) is 14.3. The summed E-state index contributed by atoms with van der Waals surface area (Å²) in [6.45, 7) is 4.30. The second kappa shape index (κ2) is 5.00. The minimum Gasteiger partial charge on any atom is -0.271 e. The van der Waals surface area contributed by atoms with Crippen LogP contribution in [0.1, 0.15) is 25.0 Å². The largest absolute Gasteiger partial charge is 0.271 e. The highest BCUT2D eigenvalue weighted by atomic mass is 14.8. The second-order valence-electron chi connectivity index (χ2n) is 5.04. The van der Waals surface area contributed by atoms with Gasteiger partial charge in [0.2, 0.25) is 0 Å². The number of hydrogen-bond donors (Lipinski definition) is 0. The number of fused-ring (bicyclic) bond motifs is 1. The van der Waals surface area contributed by atoms with Crippen molar-refractivity contribution in [3.8, 4) is 0 Å². The summed E-state index contributed by atoms with van der Waals surface area (Å²) >= 11 is 0. The number of rotatable bonds is 3. The summed E-state index contributed by atoms with van der Waals surface area (Å²) in [5.41, 5.74) is 4.12. The van der Waals surface area contributed by atoms with Gasteiger partial charge in [-0.15, -0.1) is 0 Å². The third-order valence-corrected chi connectivity index (χ3v) is 3.77. The first kappa shape index (κ1) is 12.2. The van der Waals surface area contributed by atoms with Crippen molar-refractivity contribution in [2.75, 3.05) is 0 Å². The van der Waals surface area contributed by atoms with Gasteiger partial charge in [-0.3, -0.25) is 4.99 Å². The van der Waals surface area contributed by atoms with E-state index in [9.17, 15) is 0 Å². The summed E-state index contributed by atoms with van der Waals surface area (Å²) in [4.78, 5) is 4.64. The van der Waals surface area contributed by atoms with Crippen LogP contribution in [0.15, 0.2) is 53.5 Å². The molecule has 1 heterocycles. The van der Waals surface area contributed by atoms with Crippen LogP contribution in [0.3, 0.4) is 0 Å². The molecule has 1 nitrogen and oxygen atoms in total. The topological polar surface area (TPSA) is 12.4 Å². The van der Waals surface area contributed by atoms with E-state index in [4.69, 9.17) is 0 Å².